The zero-order valence-electron chi connectivity index (χ0n) is 7.40. The number of fused-ring (bicyclic) bond motifs is 1. The number of benzene rings is 1. The van der Waals surface area contributed by atoms with E-state index in [4.69, 9.17) is 0 Å². The predicted octanol–water partition coefficient (Wildman–Crippen LogP) is 1.31. The van der Waals surface area contributed by atoms with E-state index in [1.165, 1.54) is 0 Å². The topological polar surface area (TPSA) is 34.9 Å². The molecule has 0 aliphatic heterocycles. The minimum atomic E-state index is 0.455. The molecule has 0 radical (unpaired) electrons. The van der Waals surface area contributed by atoms with Crippen LogP contribution in [0.5, 0.6) is 0 Å². The molecule has 1 aromatic heterocycles. The summed E-state index contributed by atoms with van der Waals surface area (Å²) >= 11 is 0. The van der Waals surface area contributed by atoms with Crippen LogP contribution in [0.15, 0.2) is 24.5 Å². The molecule has 2 rings (SSSR count). The first-order valence-corrected chi connectivity index (χ1v) is 4.15. The maximum atomic E-state index is 10.4. The van der Waals surface area contributed by atoms with Crippen LogP contribution in [0.3, 0.4) is 0 Å². The van der Waals surface area contributed by atoms with E-state index < -0.39 is 0 Å². The molecule has 1 aromatic carbocycles. The number of carbonyl (C=O) groups is 1. The van der Waals surface area contributed by atoms with E-state index >= 15 is 0 Å². The molecule has 66 valence electrons. The van der Waals surface area contributed by atoms with Crippen LogP contribution in [0, 0.1) is 0 Å². The number of aldehydes is 1. The minimum absolute atomic E-state index is 0.455. The Bertz CT molecular complexity index is 445. The van der Waals surface area contributed by atoms with Crippen molar-refractivity contribution in [1.82, 2.24) is 9.55 Å². The van der Waals surface area contributed by atoms with Gasteiger partial charge in [0.25, 0.3) is 0 Å². The summed E-state index contributed by atoms with van der Waals surface area (Å²) in [6.07, 6.45) is 3.14. The lowest BCUT2D eigenvalue weighted by Crippen LogP contribution is -1.92. The number of carbonyl (C=O) groups excluding carboxylic acids is 1. The van der Waals surface area contributed by atoms with Crippen LogP contribution in [-0.4, -0.2) is 15.8 Å². The van der Waals surface area contributed by atoms with E-state index in [2.05, 4.69) is 4.98 Å². The Hall–Kier alpha value is -1.64. The molecule has 0 unspecified atom stereocenters. The van der Waals surface area contributed by atoms with Crippen LogP contribution < -0.4 is 0 Å². The zero-order chi connectivity index (χ0) is 9.26. The molecule has 1 heterocycles. The van der Waals surface area contributed by atoms with Crippen molar-refractivity contribution in [2.75, 3.05) is 0 Å². The van der Waals surface area contributed by atoms with Gasteiger partial charge in [-0.3, -0.25) is 0 Å². The summed E-state index contributed by atoms with van der Waals surface area (Å²) in [5.74, 6) is 0. The van der Waals surface area contributed by atoms with Crippen molar-refractivity contribution >= 4 is 17.3 Å². The van der Waals surface area contributed by atoms with Gasteiger partial charge in [-0.05, 0) is 11.6 Å². The van der Waals surface area contributed by atoms with Gasteiger partial charge in [-0.15, -0.1) is 0 Å². The zero-order valence-corrected chi connectivity index (χ0v) is 7.40. The lowest BCUT2D eigenvalue weighted by Gasteiger charge is -2.00. The number of imidazole rings is 1. The molecule has 0 aliphatic carbocycles. The third-order valence-electron chi connectivity index (χ3n) is 2.12. The molecule has 0 atom stereocenters. The summed E-state index contributed by atoms with van der Waals surface area (Å²) in [6, 6.07) is 5.83. The van der Waals surface area contributed by atoms with Gasteiger partial charge in [-0.1, -0.05) is 12.1 Å². The highest BCUT2D eigenvalue weighted by molar-refractivity contribution is 5.81. The Morgan fingerprint density at radius 2 is 2.38 bits per heavy atom. The minimum Gasteiger partial charge on any atom is -0.333 e. The van der Waals surface area contributed by atoms with Crippen LogP contribution in [0.1, 0.15) is 5.56 Å². The molecule has 0 amide bonds. The molecule has 0 spiro atoms. The fourth-order valence-corrected chi connectivity index (χ4v) is 1.55. The van der Waals surface area contributed by atoms with Gasteiger partial charge in [0.05, 0.1) is 17.4 Å². The molecule has 0 saturated carbocycles. The Labute approximate surface area is 76.0 Å². The monoisotopic (exact) mass is 174 g/mol. The lowest BCUT2D eigenvalue weighted by molar-refractivity contribution is -0.107. The maximum Gasteiger partial charge on any atom is 0.124 e. The highest BCUT2D eigenvalue weighted by atomic mass is 16.1. The van der Waals surface area contributed by atoms with Gasteiger partial charge in [0.1, 0.15) is 6.29 Å². The smallest absolute Gasteiger partial charge is 0.124 e. The third kappa shape index (κ3) is 1.22. The molecule has 0 fully saturated rings. The molecular weight excluding hydrogens is 164 g/mol. The molecule has 3 nitrogen and oxygen atoms in total. The van der Waals surface area contributed by atoms with E-state index in [-0.39, 0.29) is 0 Å². The average molecular weight is 174 g/mol. The molecule has 3 heteroatoms. The second-order valence-electron chi connectivity index (χ2n) is 3.01. The van der Waals surface area contributed by atoms with E-state index in [0.29, 0.717) is 6.42 Å². The quantitative estimate of drug-likeness (QED) is 0.643. The lowest BCUT2D eigenvalue weighted by atomic mass is 10.1. The standard InChI is InChI=1S/C10H10N2O/c1-12-7-11-9-4-2-3-8(5-6-13)10(9)12/h2-4,6-7H,5H2,1H3. The first kappa shape index (κ1) is 7.98. The second-order valence-corrected chi connectivity index (χ2v) is 3.01. The van der Waals surface area contributed by atoms with Gasteiger partial charge in [0.15, 0.2) is 0 Å². The van der Waals surface area contributed by atoms with E-state index in [9.17, 15) is 4.79 Å². The van der Waals surface area contributed by atoms with Crippen molar-refractivity contribution in [3.63, 3.8) is 0 Å². The number of para-hydroxylation sites is 1. The van der Waals surface area contributed by atoms with Crippen molar-refractivity contribution in [2.45, 2.75) is 6.42 Å². The molecule has 0 N–H and O–H groups in total. The van der Waals surface area contributed by atoms with Gasteiger partial charge in [-0.25, -0.2) is 4.98 Å². The number of hydrogen-bond acceptors (Lipinski definition) is 2. The van der Waals surface area contributed by atoms with Crippen LogP contribution in [0.4, 0.5) is 0 Å². The van der Waals surface area contributed by atoms with Crippen molar-refractivity contribution in [2.24, 2.45) is 7.05 Å². The Morgan fingerprint density at radius 1 is 1.54 bits per heavy atom. The number of aromatic nitrogens is 2. The summed E-state index contributed by atoms with van der Waals surface area (Å²) in [6.45, 7) is 0. The van der Waals surface area contributed by atoms with Gasteiger partial charge in [-0.2, -0.15) is 0 Å². The van der Waals surface area contributed by atoms with Crippen LogP contribution in [0.25, 0.3) is 11.0 Å². The van der Waals surface area contributed by atoms with E-state index in [1.54, 1.807) is 6.33 Å². The molecule has 2 aromatic rings. The molecule has 13 heavy (non-hydrogen) atoms. The molecule has 0 bridgehead atoms. The fourth-order valence-electron chi connectivity index (χ4n) is 1.55. The molecule has 0 saturated heterocycles. The van der Waals surface area contributed by atoms with Crippen LogP contribution in [0.2, 0.25) is 0 Å². The summed E-state index contributed by atoms with van der Waals surface area (Å²) in [7, 11) is 1.93. The van der Waals surface area contributed by atoms with Crippen LogP contribution >= 0.6 is 0 Å². The summed E-state index contributed by atoms with van der Waals surface area (Å²) < 4.78 is 1.94. The highest BCUT2D eigenvalue weighted by Gasteiger charge is 2.03. The summed E-state index contributed by atoms with van der Waals surface area (Å²) in [5.41, 5.74) is 3.03. The first-order chi connectivity index (χ1) is 6.33. The fraction of sp³-hybridized carbons (Fsp3) is 0.200. The number of aryl methyl sites for hydroxylation is 1. The van der Waals surface area contributed by atoms with Gasteiger partial charge in [0, 0.05) is 13.5 Å². The van der Waals surface area contributed by atoms with Crippen molar-refractivity contribution in [3.8, 4) is 0 Å². The Morgan fingerprint density at radius 3 is 3.15 bits per heavy atom. The van der Waals surface area contributed by atoms with Gasteiger partial charge < -0.3 is 9.36 Å². The Kier molecular flexibility index (Phi) is 1.85. The predicted molar refractivity (Wildman–Crippen MR) is 50.5 cm³/mol. The summed E-state index contributed by atoms with van der Waals surface area (Å²) in [4.78, 5) is 14.6. The van der Waals surface area contributed by atoms with E-state index in [0.717, 1.165) is 22.9 Å². The van der Waals surface area contributed by atoms with Gasteiger partial charge in [0.2, 0.25) is 0 Å². The first-order valence-electron chi connectivity index (χ1n) is 4.15. The normalized spacial score (nSPS) is 10.5. The number of rotatable bonds is 2. The van der Waals surface area contributed by atoms with Crippen molar-refractivity contribution < 1.29 is 4.79 Å². The Balaban J connectivity index is 2.72. The largest absolute Gasteiger partial charge is 0.333 e. The van der Waals surface area contributed by atoms with Crippen molar-refractivity contribution in [1.29, 1.82) is 0 Å². The SMILES string of the molecule is Cn1cnc2cccc(CC=O)c21. The molecule has 0 aliphatic rings. The van der Waals surface area contributed by atoms with Crippen LogP contribution in [-0.2, 0) is 18.3 Å². The van der Waals surface area contributed by atoms with Gasteiger partial charge >= 0.3 is 0 Å². The number of hydrogen-bond donors (Lipinski definition) is 0. The van der Waals surface area contributed by atoms with Crippen molar-refractivity contribution in [3.05, 3.63) is 30.1 Å². The van der Waals surface area contributed by atoms with E-state index in [1.807, 2.05) is 29.8 Å². The second kappa shape index (κ2) is 3.01. The maximum absolute atomic E-state index is 10.4. The molecular formula is C10H10N2O. The summed E-state index contributed by atoms with van der Waals surface area (Å²) in [5, 5.41) is 0. The number of nitrogens with zero attached hydrogens (tertiary/aromatic N) is 2. The highest BCUT2D eigenvalue weighted by Crippen LogP contribution is 2.16. The average Bonchev–Trinajstić information content (AvgIpc) is 2.50. The third-order valence-corrected chi connectivity index (χ3v) is 2.12.